The first-order chi connectivity index (χ1) is 8.33. The second kappa shape index (κ2) is 5.69. The Morgan fingerprint density at radius 3 is 2.33 bits per heavy atom. The molecule has 3 N–H and O–H groups in total. The molecule has 4 nitrogen and oxygen atoms in total. The van der Waals surface area contributed by atoms with Gasteiger partial charge in [-0.25, -0.2) is 0 Å². The molecular weight excluding hydrogens is 232 g/mol. The molecule has 0 saturated heterocycles. The Hall–Kier alpha value is -1.81. The predicted octanol–water partition coefficient (Wildman–Crippen LogP) is 2.11. The van der Waals surface area contributed by atoms with E-state index < -0.39 is 11.6 Å². The Labute approximate surface area is 106 Å². The van der Waals surface area contributed by atoms with Gasteiger partial charge in [-0.05, 0) is 43.0 Å². The van der Waals surface area contributed by atoms with Crippen LogP contribution in [0.4, 0.5) is 0 Å². The number of phenols is 1. The van der Waals surface area contributed by atoms with E-state index >= 15 is 0 Å². The van der Waals surface area contributed by atoms with Crippen LogP contribution in [0.15, 0.2) is 36.4 Å². The second-order valence-corrected chi connectivity index (χ2v) is 4.55. The van der Waals surface area contributed by atoms with Crippen LogP contribution in [0.2, 0.25) is 0 Å². The molecule has 0 fully saturated rings. The summed E-state index contributed by atoms with van der Waals surface area (Å²) < 4.78 is 0. The highest BCUT2D eigenvalue weighted by molar-refractivity contribution is 5.69. The fourth-order valence-electron chi connectivity index (χ4n) is 1.72. The van der Waals surface area contributed by atoms with Crippen molar-refractivity contribution in [2.45, 2.75) is 31.8 Å². The first-order valence-electron chi connectivity index (χ1n) is 5.71. The lowest BCUT2D eigenvalue weighted by Crippen LogP contribution is -2.33. The van der Waals surface area contributed by atoms with Crippen LogP contribution in [-0.2, 0) is 11.2 Å². The predicted molar refractivity (Wildman–Crippen MR) is 68.4 cm³/mol. The van der Waals surface area contributed by atoms with E-state index in [0.717, 1.165) is 5.56 Å². The zero-order valence-electron chi connectivity index (χ0n) is 10.4. The van der Waals surface area contributed by atoms with E-state index in [0.29, 0.717) is 18.4 Å². The van der Waals surface area contributed by atoms with E-state index in [1.165, 1.54) is 0 Å². The number of carboxylic acid groups (broad SMARTS) is 1. The molecule has 0 aliphatic rings. The molecule has 0 aliphatic carbocycles. The Balaban J connectivity index is 2.71. The zero-order valence-corrected chi connectivity index (χ0v) is 10.4. The maximum Gasteiger partial charge on any atom is 0.306 e. The van der Waals surface area contributed by atoms with Gasteiger partial charge in [-0.2, -0.15) is 0 Å². The van der Waals surface area contributed by atoms with E-state index in [9.17, 15) is 9.90 Å². The summed E-state index contributed by atoms with van der Waals surface area (Å²) in [5.41, 5.74) is -0.00877. The van der Waals surface area contributed by atoms with Gasteiger partial charge in [0.2, 0.25) is 0 Å². The number of hydrogen-bond donors (Lipinski definition) is 3. The standard InChI is InChI=1S/C14H18O4/c1-10(2)14(18,9-13(16)17)8-7-11-3-5-12(15)6-4-11/h3-6,15,18H,1,7-9H2,2H3,(H,16,17)/t14-/m0/s1. The van der Waals surface area contributed by atoms with Gasteiger partial charge in [0.1, 0.15) is 5.75 Å². The average Bonchev–Trinajstić information content (AvgIpc) is 2.27. The summed E-state index contributed by atoms with van der Waals surface area (Å²) in [6.45, 7) is 5.28. The minimum absolute atomic E-state index is 0.180. The van der Waals surface area contributed by atoms with Crippen LogP contribution in [0.5, 0.6) is 5.75 Å². The molecule has 1 atom stereocenters. The topological polar surface area (TPSA) is 77.8 Å². The quantitative estimate of drug-likeness (QED) is 0.676. The van der Waals surface area contributed by atoms with Gasteiger partial charge in [-0.1, -0.05) is 18.7 Å². The van der Waals surface area contributed by atoms with Crippen molar-refractivity contribution in [2.75, 3.05) is 0 Å². The van der Waals surface area contributed by atoms with Crippen molar-refractivity contribution in [3.05, 3.63) is 42.0 Å². The van der Waals surface area contributed by atoms with Crippen LogP contribution in [0.3, 0.4) is 0 Å². The van der Waals surface area contributed by atoms with Crippen LogP contribution >= 0.6 is 0 Å². The highest BCUT2D eigenvalue weighted by Crippen LogP contribution is 2.26. The average molecular weight is 250 g/mol. The molecule has 0 aliphatic heterocycles. The molecule has 1 rings (SSSR count). The number of rotatable bonds is 6. The van der Waals surface area contributed by atoms with Gasteiger partial charge in [-0.3, -0.25) is 4.79 Å². The largest absolute Gasteiger partial charge is 0.508 e. The zero-order chi connectivity index (χ0) is 13.8. The summed E-state index contributed by atoms with van der Waals surface area (Å²) in [5.74, 6) is -0.870. The number of phenolic OH excluding ortho intramolecular Hbond substituents is 1. The number of aliphatic hydroxyl groups is 1. The van der Waals surface area contributed by atoms with Gasteiger partial charge in [0, 0.05) is 0 Å². The summed E-state index contributed by atoms with van der Waals surface area (Å²) >= 11 is 0. The van der Waals surface area contributed by atoms with E-state index in [1.54, 1.807) is 31.2 Å². The Morgan fingerprint density at radius 1 is 1.33 bits per heavy atom. The molecule has 0 saturated carbocycles. The lowest BCUT2D eigenvalue weighted by molar-refractivity contribution is -0.141. The van der Waals surface area contributed by atoms with Crippen molar-refractivity contribution in [3.8, 4) is 5.75 Å². The minimum Gasteiger partial charge on any atom is -0.508 e. The second-order valence-electron chi connectivity index (χ2n) is 4.55. The van der Waals surface area contributed by atoms with Crippen molar-refractivity contribution in [1.29, 1.82) is 0 Å². The summed E-state index contributed by atoms with van der Waals surface area (Å²) in [4.78, 5) is 10.7. The van der Waals surface area contributed by atoms with Crippen molar-refractivity contribution >= 4 is 5.97 Å². The minimum atomic E-state index is -1.39. The van der Waals surface area contributed by atoms with Crippen molar-refractivity contribution in [1.82, 2.24) is 0 Å². The summed E-state index contributed by atoms with van der Waals surface area (Å²) in [7, 11) is 0. The first-order valence-corrected chi connectivity index (χ1v) is 5.71. The van der Waals surface area contributed by atoms with Gasteiger partial charge in [0.05, 0.1) is 12.0 Å². The van der Waals surface area contributed by atoms with E-state index in [-0.39, 0.29) is 12.2 Å². The SMILES string of the molecule is C=C(C)[C@](O)(CCc1ccc(O)cc1)CC(=O)O. The van der Waals surface area contributed by atoms with Gasteiger partial charge in [-0.15, -0.1) is 0 Å². The van der Waals surface area contributed by atoms with Crippen molar-refractivity contribution < 1.29 is 20.1 Å². The third kappa shape index (κ3) is 3.89. The lowest BCUT2D eigenvalue weighted by Gasteiger charge is -2.27. The Morgan fingerprint density at radius 2 is 1.89 bits per heavy atom. The molecule has 0 radical (unpaired) electrons. The molecule has 0 heterocycles. The van der Waals surface area contributed by atoms with Gasteiger partial charge in [0.15, 0.2) is 0 Å². The van der Waals surface area contributed by atoms with Gasteiger partial charge in [0.25, 0.3) is 0 Å². The van der Waals surface area contributed by atoms with Gasteiger partial charge < -0.3 is 15.3 Å². The van der Waals surface area contributed by atoms with Crippen molar-refractivity contribution in [3.63, 3.8) is 0 Å². The summed E-state index contributed by atoms with van der Waals surface area (Å²) in [6.07, 6.45) is 0.469. The smallest absolute Gasteiger partial charge is 0.306 e. The van der Waals surface area contributed by atoms with E-state index in [1.807, 2.05) is 0 Å². The third-order valence-corrected chi connectivity index (χ3v) is 3.00. The van der Waals surface area contributed by atoms with Gasteiger partial charge >= 0.3 is 5.97 Å². The maximum atomic E-state index is 10.7. The van der Waals surface area contributed by atoms with Crippen LogP contribution in [0.1, 0.15) is 25.3 Å². The number of carbonyl (C=O) groups is 1. The number of aryl methyl sites for hydroxylation is 1. The molecule has 4 heteroatoms. The Bertz CT molecular complexity index is 436. The monoisotopic (exact) mass is 250 g/mol. The van der Waals surface area contributed by atoms with E-state index in [2.05, 4.69) is 6.58 Å². The van der Waals surface area contributed by atoms with Crippen LogP contribution in [0, 0.1) is 0 Å². The lowest BCUT2D eigenvalue weighted by atomic mass is 9.86. The normalized spacial score (nSPS) is 13.9. The molecule has 1 aromatic carbocycles. The highest BCUT2D eigenvalue weighted by atomic mass is 16.4. The number of hydrogen-bond acceptors (Lipinski definition) is 3. The fourth-order valence-corrected chi connectivity index (χ4v) is 1.72. The van der Waals surface area contributed by atoms with E-state index in [4.69, 9.17) is 10.2 Å². The molecule has 0 aromatic heterocycles. The molecule has 0 unspecified atom stereocenters. The van der Waals surface area contributed by atoms with Crippen LogP contribution in [0.25, 0.3) is 0 Å². The first kappa shape index (κ1) is 14.3. The molecule has 1 aromatic rings. The Kier molecular flexibility index (Phi) is 4.50. The third-order valence-electron chi connectivity index (χ3n) is 3.00. The number of aromatic hydroxyl groups is 1. The van der Waals surface area contributed by atoms with Crippen LogP contribution < -0.4 is 0 Å². The molecule has 98 valence electrons. The molecule has 0 amide bonds. The highest BCUT2D eigenvalue weighted by Gasteiger charge is 2.30. The molecular formula is C14H18O4. The number of benzene rings is 1. The fraction of sp³-hybridized carbons (Fsp3) is 0.357. The summed E-state index contributed by atoms with van der Waals surface area (Å²) in [6, 6.07) is 6.61. The van der Waals surface area contributed by atoms with Crippen molar-refractivity contribution in [2.24, 2.45) is 0 Å². The van der Waals surface area contributed by atoms with Crippen LogP contribution in [-0.4, -0.2) is 26.9 Å². The number of carboxylic acids is 1. The number of aliphatic carboxylic acids is 1. The molecule has 0 spiro atoms. The molecule has 0 bridgehead atoms. The summed E-state index contributed by atoms with van der Waals surface area (Å²) in [5, 5.41) is 28.2. The molecule has 18 heavy (non-hydrogen) atoms. The maximum absolute atomic E-state index is 10.7.